The molecule has 0 amide bonds. The van der Waals surface area contributed by atoms with Crippen molar-refractivity contribution in [2.24, 2.45) is 0 Å². The molecule has 0 rings (SSSR count). The molecule has 84 valence electrons. The molecule has 0 aliphatic rings. The first-order chi connectivity index (χ1) is 6.24. The quantitative estimate of drug-likeness (QED) is 0.546. The van der Waals surface area contributed by atoms with Crippen molar-refractivity contribution < 1.29 is 23.4 Å². The highest BCUT2D eigenvalue weighted by Gasteiger charge is 2.28. The van der Waals surface area contributed by atoms with Gasteiger partial charge in [-0.05, 0) is 13.3 Å². The Bertz CT molecular complexity index is 293. The summed E-state index contributed by atoms with van der Waals surface area (Å²) in [4.78, 5) is 10.2. The minimum atomic E-state index is -3.87. The Morgan fingerprint density at radius 3 is 2.29 bits per heavy atom. The van der Waals surface area contributed by atoms with Gasteiger partial charge in [-0.15, -0.1) is 0 Å². The third-order valence-electron chi connectivity index (χ3n) is 1.84. The number of aliphatic carboxylic acids is 1. The summed E-state index contributed by atoms with van der Waals surface area (Å²) in [5.41, 5.74) is -0.992. The molecule has 0 aromatic heterocycles. The molecule has 0 aliphatic carbocycles. The number of hydrogen-bond donors (Lipinski definition) is 3. The van der Waals surface area contributed by atoms with Gasteiger partial charge in [0, 0.05) is 0 Å². The highest BCUT2D eigenvalue weighted by molar-refractivity contribution is 7.90. The Balaban J connectivity index is 4.57. The number of rotatable bonds is 6. The molecule has 0 saturated carbocycles. The van der Waals surface area contributed by atoms with Gasteiger partial charge in [0.15, 0.2) is 5.75 Å². The zero-order valence-corrected chi connectivity index (χ0v) is 8.97. The van der Waals surface area contributed by atoms with E-state index in [-0.39, 0.29) is 6.61 Å². The van der Waals surface area contributed by atoms with E-state index < -0.39 is 27.3 Å². The van der Waals surface area contributed by atoms with Crippen LogP contribution in [0.1, 0.15) is 20.3 Å². The normalized spacial score (nSPS) is 16.2. The van der Waals surface area contributed by atoms with Crippen LogP contribution in [-0.4, -0.2) is 42.5 Å². The second-order valence-corrected chi connectivity index (χ2v) is 5.05. The molecular formula is C7H15NO5S. The van der Waals surface area contributed by atoms with E-state index in [2.05, 4.69) is 4.72 Å². The molecule has 0 saturated heterocycles. The van der Waals surface area contributed by atoms with E-state index in [9.17, 15) is 13.2 Å². The highest BCUT2D eigenvalue weighted by atomic mass is 32.2. The first kappa shape index (κ1) is 13.3. The van der Waals surface area contributed by atoms with Crippen molar-refractivity contribution in [1.29, 1.82) is 0 Å². The number of carbonyl (C=O) groups is 1. The molecule has 0 spiro atoms. The molecule has 14 heavy (non-hydrogen) atoms. The Morgan fingerprint density at radius 1 is 1.50 bits per heavy atom. The number of aliphatic hydroxyl groups excluding tert-OH is 1. The number of hydrogen-bond acceptors (Lipinski definition) is 4. The summed E-state index contributed by atoms with van der Waals surface area (Å²) in [5.74, 6) is -2.41. The van der Waals surface area contributed by atoms with Crippen LogP contribution < -0.4 is 4.72 Å². The lowest BCUT2D eigenvalue weighted by atomic mass is 10.0. The van der Waals surface area contributed by atoms with Gasteiger partial charge in [-0.2, -0.15) is 0 Å². The molecule has 0 aromatic carbocycles. The number of carboxylic acid groups (broad SMARTS) is 1. The maximum absolute atomic E-state index is 11.2. The van der Waals surface area contributed by atoms with Gasteiger partial charge in [0.2, 0.25) is 10.0 Å². The van der Waals surface area contributed by atoms with Crippen LogP contribution in [0.25, 0.3) is 0 Å². The fraction of sp³-hybridized carbons (Fsp3) is 0.857. The predicted molar refractivity (Wildman–Crippen MR) is 50.3 cm³/mol. The Labute approximate surface area is 83.0 Å². The van der Waals surface area contributed by atoms with Gasteiger partial charge < -0.3 is 10.2 Å². The number of nitrogens with one attached hydrogen (secondary N) is 1. The zero-order chi connectivity index (χ0) is 11.4. The Hall–Kier alpha value is -0.660. The lowest BCUT2D eigenvalue weighted by Gasteiger charge is -2.26. The highest BCUT2D eigenvalue weighted by Crippen LogP contribution is 2.09. The number of sulfonamides is 1. The van der Waals surface area contributed by atoms with E-state index in [0.717, 1.165) is 0 Å². The van der Waals surface area contributed by atoms with E-state index in [1.54, 1.807) is 6.92 Å². The Morgan fingerprint density at radius 2 is 2.00 bits per heavy atom. The van der Waals surface area contributed by atoms with Gasteiger partial charge in [-0.1, -0.05) is 6.92 Å². The fourth-order valence-electron chi connectivity index (χ4n) is 0.790. The van der Waals surface area contributed by atoms with Crippen LogP contribution in [-0.2, 0) is 14.8 Å². The van der Waals surface area contributed by atoms with Crippen molar-refractivity contribution >= 4 is 16.0 Å². The van der Waals surface area contributed by atoms with Crippen molar-refractivity contribution in [1.82, 2.24) is 4.72 Å². The molecule has 0 heterocycles. The lowest BCUT2D eigenvalue weighted by molar-refractivity contribution is -0.134. The monoisotopic (exact) mass is 225 g/mol. The van der Waals surface area contributed by atoms with Gasteiger partial charge >= 0.3 is 5.97 Å². The van der Waals surface area contributed by atoms with E-state index in [0.29, 0.717) is 6.42 Å². The van der Waals surface area contributed by atoms with Crippen LogP contribution in [0.2, 0.25) is 0 Å². The van der Waals surface area contributed by atoms with E-state index in [4.69, 9.17) is 10.2 Å². The lowest BCUT2D eigenvalue weighted by Crippen LogP contribution is -2.49. The summed E-state index contributed by atoms with van der Waals surface area (Å²) in [6, 6.07) is 0. The van der Waals surface area contributed by atoms with Crippen molar-refractivity contribution in [3.05, 3.63) is 0 Å². The summed E-state index contributed by atoms with van der Waals surface area (Å²) in [6.07, 6.45) is 0.377. The van der Waals surface area contributed by atoms with E-state index in [1.807, 2.05) is 0 Å². The van der Waals surface area contributed by atoms with Crippen LogP contribution >= 0.6 is 0 Å². The first-order valence-corrected chi connectivity index (χ1v) is 5.74. The molecule has 1 unspecified atom stereocenters. The third-order valence-corrected chi connectivity index (χ3v) is 3.28. The largest absolute Gasteiger partial charge is 0.480 e. The molecular weight excluding hydrogens is 210 g/mol. The summed E-state index contributed by atoms with van der Waals surface area (Å²) >= 11 is 0. The number of aliphatic hydroxyl groups is 1. The minimum absolute atomic E-state index is 0.373. The molecule has 1 atom stereocenters. The minimum Gasteiger partial charge on any atom is -0.480 e. The average Bonchev–Trinajstić information content (AvgIpc) is 2.01. The first-order valence-electron chi connectivity index (χ1n) is 4.09. The van der Waals surface area contributed by atoms with Crippen molar-refractivity contribution in [3.8, 4) is 0 Å². The molecule has 0 bridgehead atoms. The van der Waals surface area contributed by atoms with Crippen LogP contribution in [0.4, 0.5) is 0 Å². The molecule has 6 nitrogen and oxygen atoms in total. The Kier molecular flexibility index (Phi) is 4.50. The summed E-state index contributed by atoms with van der Waals surface area (Å²) in [7, 11) is -3.87. The second kappa shape index (κ2) is 4.72. The molecule has 3 N–H and O–H groups in total. The van der Waals surface area contributed by atoms with Crippen LogP contribution in [0.5, 0.6) is 0 Å². The third kappa shape index (κ3) is 4.54. The van der Waals surface area contributed by atoms with E-state index >= 15 is 0 Å². The maximum atomic E-state index is 11.2. The van der Waals surface area contributed by atoms with Crippen molar-refractivity contribution in [3.63, 3.8) is 0 Å². The summed E-state index contributed by atoms with van der Waals surface area (Å²) in [5, 5.41) is 17.2. The molecule has 0 radical (unpaired) electrons. The van der Waals surface area contributed by atoms with Gasteiger partial charge in [0.25, 0.3) is 0 Å². The van der Waals surface area contributed by atoms with Crippen LogP contribution in [0, 0.1) is 0 Å². The smallest absolute Gasteiger partial charge is 0.320 e. The zero-order valence-electron chi connectivity index (χ0n) is 8.15. The van der Waals surface area contributed by atoms with Gasteiger partial charge in [0.1, 0.15) is 0 Å². The SMILES string of the molecule is CCC(C)(CO)NS(=O)(=O)CC(=O)O. The molecule has 0 aromatic rings. The number of carboxylic acids is 1. The molecule has 0 fully saturated rings. The van der Waals surface area contributed by atoms with Crippen molar-refractivity contribution in [2.75, 3.05) is 12.4 Å². The predicted octanol–water partition coefficient (Wildman–Crippen LogP) is -0.849. The molecule has 0 aliphatic heterocycles. The second-order valence-electron chi connectivity index (χ2n) is 3.33. The molecule has 7 heteroatoms. The average molecular weight is 225 g/mol. The van der Waals surface area contributed by atoms with Crippen LogP contribution in [0.15, 0.2) is 0 Å². The van der Waals surface area contributed by atoms with Crippen molar-refractivity contribution in [2.45, 2.75) is 25.8 Å². The van der Waals surface area contributed by atoms with Crippen LogP contribution in [0.3, 0.4) is 0 Å². The summed E-state index contributed by atoms with van der Waals surface area (Å²) < 4.78 is 24.5. The van der Waals surface area contributed by atoms with Gasteiger partial charge in [-0.3, -0.25) is 4.79 Å². The van der Waals surface area contributed by atoms with Gasteiger partial charge in [-0.25, -0.2) is 13.1 Å². The summed E-state index contributed by atoms with van der Waals surface area (Å²) in [6.45, 7) is 2.83. The fourth-order valence-corrected chi connectivity index (χ4v) is 2.15. The van der Waals surface area contributed by atoms with E-state index in [1.165, 1.54) is 6.92 Å². The van der Waals surface area contributed by atoms with Gasteiger partial charge in [0.05, 0.1) is 12.1 Å². The topological polar surface area (TPSA) is 104 Å². The standard InChI is InChI=1S/C7H15NO5S/c1-3-7(2,5-9)8-14(12,13)4-6(10)11/h8-9H,3-5H2,1-2H3,(H,10,11). The maximum Gasteiger partial charge on any atom is 0.320 e.